The lowest BCUT2D eigenvalue weighted by Gasteiger charge is -2.05. The van der Waals surface area contributed by atoms with Crippen molar-refractivity contribution in [1.82, 2.24) is 10.5 Å². The molecule has 0 fully saturated rings. The van der Waals surface area contributed by atoms with Crippen molar-refractivity contribution in [1.29, 1.82) is 0 Å². The van der Waals surface area contributed by atoms with Crippen molar-refractivity contribution in [2.24, 2.45) is 0 Å². The molecule has 1 aromatic heterocycles. The van der Waals surface area contributed by atoms with Gasteiger partial charge in [-0.1, -0.05) is 34.4 Å². The summed E-state index contributed by atoms with van der Waals surface area (Å²) < 4.78 is 5.08. The van der Waals surface area contributed by atoms with E-state index in [4.69, 9.17) is 27.7 Å². The van der Waals surface area contributed by atoms with Crippen molar-refractivity contribution in [2.45, 2.75) is 20.0 Å². The van der Waals surface area contributed by atoms with Crippen LogP contribution >= 0.6 is 23.2 Å². The SMILES string of the molecule is Cc1cc(CNCc2ccc(Cl)cc2Cl)on1. The number of halogens is 2. The van der Waals surface area contributed by atoms with E-state index in [1.54, 1.807) is 6.07 Å². The van der Waals surface area contributed by atoms with E-state index in [1.807, 2.05) is 25.1 Å². The van der Waals surface area contributed by atoms with Crippen LogP contribution in [0.5, 0.6) is 0 Å². The van der Waals surface area contributed by atoms with E-state index in [0.29, 0.717) is 23.1 Å². The number of nitrogens with zero attached hydrogens (tertiary/aromatic N) is 1. The highest BCUT2D eigenvalue weighted by Gasteiger charge is 2.03. The number of aromatic nitrogens is 1. The molecule has 0 radical (unpaired) electrons. The first kappa shape index (κ1) is 12.4. The van der Waals surface area contributed by atoms with Crippen LogP contribution in [0.25, 0.3) is 0 Å². The van der Waals surface area contributed by atoms with Crippen molar-refractivity contribution in [3.8, 4) is 0 Å². The third kappa shape index (κ3) is 3.46. The van der Waals surface area contributed by atoms with Crippen molar-refractivity contribution in [2.75, 3.05) is 0 Å². The molecule has 2 aromatic rings. The Hall–Kier alpha value is -1.03. The predicted octanol–water partition coefficient (Wildman–Crippen LogP) is 3.58. The minimum atomic E-state index is 0.625. The topological polar surface area (TPSA) is 38.1 Å². The van der Waals surface area contributed by atoms with Crippen LogP contribution in [0.15, 0.2) is 28.8 Å². The summed E-state index contributed by atoms with van der Waals surface area (Å²) in [5.74, 6) is 0.813. The Kier molecular flexibility index (Phi) is 4.05. The van der Waals surface area contributed by atoms with Gasteiger partial charge in [0.05, 0.1) is 12.2 Å². The van der Waals surface area contributed by atoms with Crippen LogP contribution in [0.2, 0.25) is 10.0 Å². The zero-order chi connectivity index (χ0) is 12.3. The Morgan fingerprint density at radius 3 is 2.71 bits per heavy atom. The maximum Gasteiger partial charge on any atom is 0.150 e. The smallest absolute Gasteiger partial charge is 0.150 e. The third-order valence-corrected chi connectivity index (χ3v) is 2.89. The molecule has 0 bridgehead atoms. The van der Waals surface area contributed by atoms with E-state index in [9.17, 15) is 0 Å². The number of aryl methyl sites for hydroxylation is 1. The highest BCUT2D eigenvalue weighted by molar-refractivity contribution is 6.35. The Bertz CT molecular complexity index is 511. The van der Waals surface area contributed by atoms with E-state index in [2.05, 4.69) is 10.5 Å². The molecule has 2 rings (SSSR count). The molecule has 5 heteroatoms. The molecule has 1 N–H and O–H groups in total. The standard InChI is InChI=1S/C12H12Cl2N2O/c1-8-4-11(17-16-8)7-15-6-9-2-3-10(13)5-12(9)14/h2-5,15H,6-7H2,1H3. The summed E-state index contributed by atoms with van der Waals surface area (Å²) in [6.07, 6.45) is 0. The van der Waals surface area contributed by atoms with Gasteiger partial charge in [0.15, 0.2) is 5.76 Å². The van der Waals surface area contributed by atoms with E-state index in [1.165, 1.54) is 0 Å². The zero-order valence-corrected chi connectivity index (χ0v) is 10.8. The average molecular weight is 271 g/mol. The second kappa shape index (κ2) is 5.54. The summed E-state index contributed by atoms with van der Waals surface area (Å²) in [6.45, 7) is 3.18. The Morgan fingerprint density at radius 2 is 2.06 bits per heavy atom. The minimum absolute atomic E-state index is 0.625. The molecule has 17 heavy (non-hydrogen) atoms. The second-order valence-electron chi connectivity index (χ2n) is 3.77. The van der Waals surface area contributed by atoms with E-state index >= 15 is 0 Å². The van der Waals surface area contributed by atoms with Crippen LogP contribution in [0, 0.1) is 6.92 Å². The molecule has 0 saturated heterocycles. The van der Waals surface area contributed by atoms with Gasteiger partial charge in [-0.3, -0.25) is 0 Å². The van der Waals surface area contributed by atoms with Crippen molar-refractivity contribution in [3.63, 3.8) is 0 Å². The minimum Gasteiger partial charge on any atom is -0.360 e. The van der Waals surface area contributed by atoms with Crippen LogP contribution in [-0.2, 0) is 13.1 Å². The molecule has 0 aliphatic heterocycles. The Balaban J connectivity index is 1.90. The molecule has 0 unspecified atom stereocenters. The molecule has 0 saturated carbocycles. The molecule has 0 aliphatic carbocycles. The van der Waals surface area contributed by atoms with Crippen molar-refractivity contribution < 1.29 is 4.52 Å². The number of nitrogens with one attached hydrogen (secondary N) is 1. The Morgan fingerprint density at radius 1 is 1.24 bits per heavy atom. The van der Waals surface area contributed by atoms with Crippen LogP contribution in [0.4, 0.5) is 0 Å². The van der Waals surface area contributed by atoms with Gasteiger partial charge in [-0.2, -0.15) is 0 Å². The molecular weight excluding hydrogens is 259 g/mol. The molecular formula is C12H12Cl2N2O. The maximum absolute atomic E-state index is 6.06. The van der Waals surface area contributed by atoms with Gasteiger partial charge in [0.2, 0.25) is 0 Å². The summed E-state index contributed by atoms with van der Waals surface area (Å²) in [6, 6.07) is 7.36. The van der Waals surface area contributed by atoms with E-state index in [-0.39, 0.29) is 0 Å². The van der Waals surface area contributed by atoms with Gasteiger partial charge in [-0.15, -0.1) is 0 Å². The lowest BCUT2D eigenvalue weighted by molar-refractivity contribution is 0.369. The lowest BCUT2D eigenvalue weighted by Crippen LogP contribution is -2.12. The largest absolute Gasteiger partial charge is 0.360 e. The molecule has 1 heterocycles. The van der Waals surface area contributed by atoms with Crippen LogP contribution in [0.3, 0.4) is 0 Å². The highest BCUT2D eigenvalue weighted by atomic mass is 35.5. The number of rotatable bonds is 4. The second-order valence-corrected chi connectivity index (χ2v) is 4.62. The van der Waals surface area contributed by atoms with Crippen molar-refractivity contribution in [3.05, 3.63) is 51.3 Å². The average Bonchev–Trinajstić information content (AvgIpc) is 2.68. The van der Waals surface area contributed by atoms with Crippen LogP contribution in [-0.4, -0.2) is 5.16 Å². The monoisotopic (exact) mass is 270 g/mol. The molecule has 0 amide bonds. The summed E-state index contributed by atoms with van der Waals surface area (Å²) in [4.78, 5) is 0. The summed E-state index contributed by atoms with van der Waals surface area (Å²) >= 11 is 11.9. The zero-order valence-electron chi connectivity index (χ0n) is 9.34. The summed E-state index contributed by atoms with van der Waals surface area (Å²) in [5, 5.41) is 8.35. The third-order valence-electron chi connectivity index (χ3n) is 2.31. The Labute approximate surface area is 110 Å². The molecule has 90 valence electrons. The quantitative estimate of drug-likeness (QED) is 0.923. The van der Waals surface area contributed by atoms with Gasteiger partial charge < -0.3 is 9.84 Å². The van der Waals surface area contributed by atoms with Gasteiger partial charge in [0.25, 0.3) is 0 Å². The fourth-order valence-electron chi connectivity index (χ4n) is 1.49. The van der Waals surface area contributed by atoms with E-state index in [0.717, 1.165) is 17.0 Å². The van der Waals surface area contributed by atoms with Crippen LogP contribution in [0.1, 0.15) is 17.0 Å². The fourth-order valence-corrected chi connectivity index (χ4v) is 1.96. The predicted molar refractivity (Wildman–Crippen MR) is 68.2 cm³/mol. The number of hydrogen-bond donors (Lipinski definition) is 1. The number of hydrogen-bond acceptors (Lipinski definition) is 3. The first-order valence-electron chi connectivity index (χ1n) is 5.22. The van der Waals surface area contributed by atoms with E-state index < -0.39 is 0 Å². The molecule has 3 nitrogen and oxygen atoms in total. The van der Waals surface area contributed by atoms with Gasteiger partial charge >= 0.3 is 0 Å². The normalized spacial score (nSPS) is 10.8. The lowest BCUT2D eigenvalue weighted by atomic mass is 10.2. The van der Waals surface area contributed by atoms with Crippen LogP contribution < -0.4 is 5.32 Å². The molecule has 1 aromatic carbocycles. The highest BCUT2D eigenvalue weighted by Crippen LogP contribution is 2.20. The first-order valence-corrected chi connectivity index (χ1v) is 5.97. The molecule has 0 spiro atoms. The number of benzene rings is 1. The summed E-state index contributed by atoms with van der Waals surface area (Å²) in [5.41, 5.74) is 1.89. The van der Waals surface area contributed by atoms with Crippen molar-refractivity contribution >= 4 is 23.2 Å². The molecule has 0 atom stereocenters. The van der Waals surface area contributed by atoms with Gasteiger partial charge in [0, 0.05) is 22.7 Å². The molecule has 0 aliphatic rings. The summed E-state index contributed by atoms with van der Waals surface area (Å²) in [7, 11) is 0. The van der Waals surface area contributed by atoms with Gasteiger partial charge in [-0.25, -0.2) is 0 Å². The maximum atomic E-state index is 6.06. The van der Waals surface area contributed by atoms with Gasteiger partial charge in [-0.05, 0) is 24.6 Å². The van der Waals surface area contributed by atoms with Gasteiger partial charge in [0.1, 0.15) is 0 Å². The fraction of sp³-hybridized carbons (Fsp3) is 0.250. The first-order chi connectivity index (χ1) is 8.15.